The van der Waals surface area contributed by atoms with Crippen molar-refractivity contribution in [1.82, 2.24) is 0 Å². The van der Waals surface area contributed by atoms with E-state index in [1.165, 1.54) is 64.2 Å². The van der Waals surface area contributed by atoms with Crippen LogP contribution in [0.4, 0.5) is 0 Å². The first kappa shape index (κ1) is 60.9. The lowest BCUT2D eigenvalue weighted by Gasteiger charge is -2.21. The first-order chi connectivity index (χ1) is 31.2. The Kier molecular flexibility index (Phi) is 44.2. The number of phosphoric ester groups is 1. The molecule has 0 aromatic heterocycles. The third-order valence-electron chi connectivity index (χ3n) is 10.2. The zero-order valence-corrected chi connectivity index (χ0v) is 41.1. The minimum atomic E-state index is -4.75. The van der Waals surface area contributed by atoms with Crippen molar-refractivity contribution < 1.29 is 52.2 Å². The number of carbonyl (C=O) groups excluding carboxylic acids is 3. The summed E-state index contributed by atoms with van der Waals surface area (Å²) in [6, 6.07) is 0. The van der Waals surface area contributed by atoms with Gasteiger partial charge in [0.25, 0.3) is 0 Å². The number of rotatable bonds is 45. The summed E-state index contributed by atoms with van der Waals surface area (Å²) in [5.41, 5.74) is 0. The Bertz CT molecular complexity index is 1350. The van der Waals surface area contributed by atoms with E-state index < -0.39 is 57.8 Å². The highest BCUT2D eigenvalue weighted by Crippen LogP contribution is 2.43. The molecule has 0 amide bonds. The van der Waals surface area contributed by atoms with Crippen molar-refractivity contribution in [2.75, 3.05) is 26.4 Å². The van der Waals surface area contributed by atoms with E-state index in [-0.39, 0.29) is 25.9 Å². The van der Waals surface area contributed by atoms with Crippen molar-refractivity contribution in [3.8, 4) is 0 Å². The molecule has 0 fully saturated rings. The van der Waals surface area contributed by atoms with Gasteiger partial charge < -0.3 is 24.2 Å². The van der Waals surface area contributed by atoms with Crippen LogP contribution in [0.25, 0.3) is 0 Å². The van der Waals surface area contributed by atoms with Crippen molar-refractivity contribution >= 4 is 25.7 Å². The third-order valence-corrected chi connectivity index (χ3v) is 11.1. The Morgan fingerprint density at radius 3 is 1.22 bits per heavy atom. The second kappa shape index (κ2) is 46.4. The molecule has 0 saturated carbocycles. The van der Waals surface area contributed by atoms with Crippen molar-refractivity contribution in [3.05, 3.63) is 72.9 Å². The van der Waals surface area contributed by atoms with Gasteiger partial charge in [0.15, 0.2) is 6.10 Å². The van der Waals surface area contributed by atoms with E-state index in [4.69, 9.17) is 23.3 Å². The summed E-state index contributed by atoms with van der Waals surface area (Å²) in [5, 5.41) is 9.72. The smallest absolute Gasteiger partial charge is 0.462 e. The average molecular weight is 921 g/mol. The second-order valence-electron chi connectivity index (χ2n) is 16.3. The maximum Gasteiger partial charge on any atom is 0.472 e. The van der Waals surface area contributed by atoms with Crippen LogP contribution in [-0.2, 0) is 42.2 Å². The van der Waals surface area contributed by atoms with E-state index in [1.54, 1.807) is 0 Å². The first-order valence-corrected chi connectivity index (χ1v) is 26.3. The number of carbonyl (C=O) groups is 3. The molecule has 0 bridgehead atoms. The molecule has 0 aromatic carbocycles. The van der Waals surface area contributed by atoms with E-state index in [0.717, 1.165) is 77.0 Å². The van der Waals surface area contributed by atoms with E-state index in [1.807, 2.05) is 12.2 Å². The Hall–Kier alpha value is -3.08. The van der Waals surface area contributed by atoms with Gasteiger partial charge in [-0.1, -0.05) is 196 Å². The molecule has 11 nitrogen and oxygen atoms in total. The molecule has 0 aliphatic rings. The van der Waals surface area contributed by atoms with E-state index >= 15 is 0 Å². The molecule has 64 heavy (non-hydrogen) atoms. The summed E-state index contributed by atoms with van der Waals surface area (Å²) in [5.74, 6) is -1.57. The van der Waals surface area contributed by atoms with Crippen LogP contribution in [-0.4, -0.2) is 66.5 Å². The fourth-order valence-electron chi connectivity index (χ4n) is 6.38. The highest BCUT2D eigenvalue weighted by molar-refractivity contribution is 7.47. The summed E-state index contributed by atoms with van der Waals surface area (Å²) < 4.78 is 39.1. The number of phosphoric acid groups is 1. The van der Waals surface area contributed by atoms with E-state index in [9.17, 15) is 28.9 Å². The van der Waals surface area contributed by atoms with Gasteiger partial charge in [0, 0.05) is 19.3 Å². The molecule has 0 saturated heterocycles. The number of aliphatic hydroxyl groups excluding tert-OH is 1. The first-order valence-electron chi connectivity index (χ1n) is 24.8. The molecular weight excluding hydrogens is 832 g/mol. The van der Waals surface area contributed by atoms with Gasteiger partial charge in [-0.05, 0) is 57.8 Å². The highest BCUT2D eigenvalue weighted by Gasteiger charge is 2.28. The Balaban J connectivity index is 4.79. The van der Waals surface area contributed by atoms with Gasteiger partial charge >= 0.3 is 25.7 Å². The third kappa shape index (κ3) is 44.1. The quantitative estimate of drug-likeness (QED) is 0.0197. The summed E-state index contributed by atoms with van der Waals surface area (Å²) in [7, 11) is -4.75. The molecule has 0 radical (unpaired) electrons. The molecule has 2 N–H and O–H groups in total. The molecule has 0 heterocycles. The normalized spacial score (nSPS) is 14.1. The lowest BCUT2D eigenvalue weighted by atomic mass is 10.1. The Labute approximate surface area is 388 Å². The number of ether oxygens (including phenoxy) is 3. The van der Waals surface area contributed by atoms with Crippen LogP contribution >= 0.6 is 7.82 Å². The van der Waals surface area contributed by atoms with E-state index in [2.05, 4.69) is 81.5 Å². The number of esters is 3. The molecule has 0 rings (SSSR count). The van der Waals surface area contributed by atoms with Crippen LogP contribution in [0.15, 0.2) is 72.9 Å². The lowest BCUT2D eigenvalue weighted by Crippen LogP contribution is -2.30. The van der Waals surface area contributed by atoms with Crippen LogP contribution in [0.3, 0.4) is 0 Å². The van der Waals surface area contributed by atoms with Gasteiger partial charge in [-0.3, -0.25) is 23.4 Å². The van der Waals surface area contributed by atoms with Gasteiger partial charge in [0.05, 0.1) is 19.8 Å². The largest absolute Gasteiger partial charge is 0.472 e. The molecule has 0 aliphatic carbocycles. The van der Waals surface area contributed by atoms with Crippen LogP contribution in [0.5, 0.6) is 0 Å². The molecule has 3 atom stereocenters. The standard InChI is InChI=1S/C52H89O11P/c1-4-7-10-13-16-19-20-21-22-23-24-25-26-27-28-31-32-35-38-41-50(54)59-45-49(63-52(56)43-40-37-34-30-18-15-12-9-6-3)47-61-64(57,58)60-46-48(44-53)62-51(55)42-39-36-33-29-17-14-11-8-5-2/h7,10,16,19,21-22,24-25,27-28,32,35,48-49,53H,4-6,8-9,11-15,17-18,20,23,26,29-31,33-34,36-47H2,1-3H3,(H,57,58)/b10-7-,19-16-,22-21-,25-24-,28-27-,35-32-. The minimum Gasteiger partial charge on any atom is -0.462 e. The average Bonchev–Trinajstić information content (AvgIpc) is 3.28. The summed E-state index contributed by atoms with van der Waals surface area (Å²) in [6.45, 7) is 4.37. The summed E-state index contributed by atoms with van der Waals surface area (Å²) in [6.07, 6.45) is 49.1. The number of hydrogen-bond acceptors (Lipinski definition) is 10. The topological polar surface area (TPSA) is 155 Å². The van der Waals surface area contributed by atoms with Gasteiger partial charge in [-0.25, -0.2) is 4.57 Å². The van der Waals surface area contributed by atoms with Gasteiger partial charge in [0.1, 0.15) is 12.7 Å². The minimum absolute atomic E-state index is 0.101. The van der Waals surface area contributed by atoms with Crippen LogP contribution < -0.4 is 0 Å². The fourth-order valence-corrected chi connectivity index (χ4v) is 7.16. The molecule has 0 aromatic rings. The number of aliphatic hydroxyl groups is 1. The van der Waals surface area contributed by atoms with Crippen molar-refractivity contribution in [2.45, 2.75) is 213 Å². The summed E-state index contributed by atoms with van der Waals surface area (Å²) in [4.78, 5) is 48.0. The maximum absolute atomic E-state index is 12.8. The van der Waals surface area contributed by atoms with Crippen molar-refractivity contribution in [3.63, 3.8) is 0 Å². The zero-order valence-electron chi connectivity index (χ0n) is 40.2. The monoisotopic (exact) mass is 921 g/mol. The Morgan fingerprint density at radius 1 is 0.453 bits per heavy atom. The molecule has 3 unspecified atom stereocenters. The van der Waals surface area contributed by atoms with Crippen molar-refractivity contribution in [1.29, 1.82) is 0 Å². The molecule has 0 spiro atoms. The summed E-state index contributed by atoms with van der Waals surface area (Å²) >= 11 is 0. The van der Waals surface area contributed by atoms with E-state index in [0.29, 0.717) is 19.3 Å². The second-order valence-corrected chi connectivity index (χ2v) is 17.7. The fraction of sp³-hybridized carbons (Fsp3) is 0.712. The predicted octanol–water partition coefficient (Wildman–Crippen LogP) is 13.8. The lowest BCUT2D eigenvalue weighted by molar-refractivity contribution is -0.161. The molecule has 0 aliphatic heterocycles. The number of hydrogen-bond donors (Lipinski definition) is 2. The van der Waals surface area contributed by atoms with Crippen LogP contribution in [0.1, 0.15) is 201 Å². The number of unbranched alkanes of at least 4 members (excludes halogenated alkanes) is 16. The molecule has 12 heteroatoms. The van der Waals surface area contributed by atoms with Gasteiger partial charge in [-0.15, -0.1) is 0 Å². The van der Waals surface area contributed by atoms with Crippen LogP contribution in [0, 0.1) is 0 Å². The molecular formula is C52H89O11P. The zero-order chi connectivity index (χ0) is 47.0. The van der Waals surface area contributed by atoms with Crippen molar-refractivity contribution in [2.24, 2.45) is 0 Å². The van der Waals surface area contributed by atoms with Gasteiger partial charge in [-0.2, -0.15) is 0 Å². The van der Waals surface area contributed by atoms with Crippen LogP contribution in [0.2, 0.25) is 0 Å². The SMILES string of the molecule is CC/C=C\C/C=C\C/C=C\C/C=C\C/C=C\C/C=C\CCC(=O)OCC(COP(=O)(O)OCC(CO)OC(=O)CCCCCCCCCCC)OC(=O)CCCCCCCCCCC. The highest BCUT2D eigenvalue weighted by atomic mass is 31.2. The Morgan fingerprint density at radius 2 is 0.812 bits per heavy atom. The number of allylic oxidation sites excluding steroid dienone is 12. The molecule has 368 valence electrons. The predicted molar refractivity (Wildman–Crippen MR) is 261 cm³/mol. The van der Waals surface area contributed by atoms with Gasteiger partial charge in [0.2, 0.25) is 0 Å². The maximum atomic E-state index is 12.8.